The molecule has 0 radical (unpaired) electrons. The molecule has 3 heteroatoms. The number of fused-ring (bicyclic) bond motifs is 1. The molecule has 1 heterocycles. The molecule has 0 amide bonds. The second kappa shape index (κ2) is 6.13. The van der Waals surface area contributed by atoms with Crippen molar-refractivity contribution in [1.29, 1.82) is 0 Å². The topological polar surface area (TPSA) is 34.9 Å². The molecule has 0 fully saturated rings. The summed E-state index contributed by atoms with van der Waals surface area (Å²) >= 11 is 0. The van der Waals surface area contributed by atoms with E-state index in [4.69, 9.17) is 0 Å². The SMILES string of the molecule is O=c1ccc(-c2cccc3ccccc23)nn1Cc1ccccc1. The van der Waals surface area contributed by atoms with Gasteiger partial charge < -0.3 is 0 Å². The fraction of sp³-hybridized carbons (Fsp3) is 0.0476. The predicted molar refractivity (Wildman–Crippen MR) is 97.0 cm³/mol. The lowest BCUT2D eigenvalue weighted by molar-refractivity contribution is 0.643. The van der Waals surface area contributed by atoms with Gasteiger partial charge in [0.2, 0.25) is 0 Å². The summed E-state index contributed by atoms with van der Waals surface area (Å²) in [5, 5.41) is 6.89. The highest BCUT2D eigenvalue weighted by Gasteiger charge is 2.07. The summed E-state index contributed by atoms with van der Waals surface area (Å²) in [4.78, 5) is 12.2. The Morgan fingerprint density at radius 3 is 2.38 bits per heavy atom. The number of hydrogen-bond acceptors (Lipinski definition) is 2. The number of aromatic nitrogens is 2. The van der Waals surface area contributed by atoms with Gasteiger partial charge in [-0.2, -0.15) is 5.10 Å². The molecule has 0 atom stereocenters. The van der Waals surface area contributed by atoms with Crippen molar-refractivity contribution >= 4 is 10.8 Å². The Bertz CT molecular complexity index is 1050. The van der Waals surface area contributed by atoms with Crippen molar-refractivity contribution in [2.75, 3.05) is 0 Å². The van der Waals surface area contributed by atoms with Gasteiger partial charge in [-0.15, -0.1) is 0 Å². The van der Waals surface area contributed by atoms with Gasteiger partial charge in [0.15, 0.2) is 0 Å². The van der Waals surface area contributed by atoms with Gasteiger partial charge in [-0.25, -0.2) is 4.68 Å². The number of benzene rings is 3. The molecule has 0 unspecified atom stereocenters. The average Bonchev–Trinajstić information content (AvgIpc) is 2.64. The molecule has 0 spiro atoms. The molecule has 0 aliphatic rings. The molecule has 4 aromatic rings. The average molecular weight is 312 g/mol. The van der Waals surface area contributed by atoms with E-state index in [2.05, 4.69) is 23.3 Å². The lowest BCUT2D eigenvalue weighted by Gasteiger charge is -2.09. The van der Waals surface area contributed by atoms with Gasteiger partial charge in [0.05, 0.1) is 12.2 Å². The van der Waals surface area contributed by atoms with E-state index in [0.717, 1.165) is 27.6 Å². The summed E-state index contributed by atoms with van der Waals surface area (Å²) in [5.74, 6) is 0. The van der Waals surface area contributed by atoms with Gasteiger partial charge in [-0.1, -0.05) is 72.8 Å². The third-order valence-electron chi connectivity index (χ3n) is 4.11. The number of hydrogen-bond donors (Lipinski definition) is 0. The molecule has 0 saturated heterocycles. The zero-order valence-corrected chi connectivity index (χ0v) is 13.1. The van der Waals surface area contributed by atoms with Crippen molar-refractivity contribution in [3.05, 3.63) is 101 Å². The lowest BCUT2D eigenvalue weighted by atomic mass is 10.0. The Labute approximate surface area is 139 Å². The van der Waals surface area contributed by atoms with Crippen molar-refractivity contribution < 1.29 is 0 Å². The van der Waals surface area contributed by atoms with Crippen LogP contribution < -0.4 is 5.56 Å². The summed E-state index contributed by atoms with van der Waals surface area (Å²) in [6.07, 6.45) is 0. The third kappa shape index (κ3) is 2.72. The zero-order chi connectivity index (χ0) is 16.4. The monoisotopic (exact) mass is 312 g/mol. The molecule has 0 saturated carbocycles. The molecule has 0 bridgehead atoms. The van der Waals surface area contributed by atoms with Gasteiger partial charge in [0.1, 0.15) is 0 Å². The largest absolute Gasteiger partial charge is 0.268 e. The molecule has 1 aromatic heterocycles. The number of rotatable bonds is 3. The van der Waals surface area contributed by atoms with E-state index in [1.165, 1.54) is 4.68 Å². The lowest BCUT2D eigenvalue weighted by Crippen LogP contribution is -2.22. The van der Waals surface area contributed by atoms with E-state index < -0.39 is 0 Å². The first-order valence-corrected chi connectivity index (χ1v) is 7.91. The fourth-order valence-electron chi connectivity index (χ4n) is 2.91. The van der Waals surface area contributed by atoms with E-state index in [1.54, 1.807) is 12.1 Å². The van der Waals surface area contributed by atoms with Crippen LogP contribution in [-0.2, 0) is 6.54 Å². The minimum atomic E-state index is -0.0946. The fourth-order valence-corrected chi connectivity index (χ4v) is 2.91. The van der Waals surface area contributed by atoms with Crippen LogP contribution in [0.15, 0.2) is 89.7 Å². The smallest absolute Gasteiger partial charge is 0.267 e. The Balaban J connectivity index is 1.82. The van der Waals surface area contributed by atoms with Gasteiger partial charge >= 0.3 is 0 Å². The maximum atomic E-state index is 12.2. The van der Waals surface area contributed by atoms with Crippen LogP contribution in [0.25, 0.3) is 22.0 Å². The molecule has 3 nitrogen and oxygen atoms in total. The van der Waals surface area contributed by atoms with Crippen LogP contribution in [0.1, 0.15) is 5.56 Å². The van der Waals surface area contributed by atoms with E-state index in [-0.39, 0.29) is 5.56 Å². The summed E-state index contributed by atoms with van der Waals surface area (Å²) in [5.41, 5.74) is 2.81. The van der Waals surface area contributed by atoms with Crippen LogP contribution in [0.4, 0.5) is 0 Å². The summed E-state index contributed by atoms with van der Waals surface area (Å²) in [6.45, 7) is 0.471. The molecule has 4 rings (SSSR count). The highest BCUT2D eigenvalue weighted by Crippen LogP contribution is 2.26. The maximum Gasteiger partial charge on any atom is 0.267 e. The van der Waals surface area contributed by atoms with Crippen LogP contribution in [0.5, 0.6) is 0 Å². The van der Waals surface area contributed by atoms with Gasteiger partial charge in [-0.3, -0.25) is 4.79 Å². The van der Waals surface area contributed by atoms with Crippen molar-refractivity contribution in [3.63, 3.8) is 0 Å². The Morgan fingerprint density at radius 1 is 0.750 bits per heavy atom. The normalized spacial score (nSPS) is 10.8. The Hall–Kier alpha value is -3.20. The standard InChI is InChI=1S/C21H16N2O/c24-21-14-13-20(22-23(21)15-16-7-2-1-3-8-16)19-12-6-10-17-9-4-5-11-18(17)19/h1-14H,15H2. The molecule has 116 valence electrons. The second-order valence-corrected chi connectivity index (χ2v) is 5.73. The first kappa shape index (κ1) is 14.4. The highest BCUT2D eigenvalue weighted by molar-refractivity contribution is 5.95. The van der Waals surface area contributed by atoms with E-state index in [0.29, 0.717) is 6.54 Å². The van der Waals surface area contributed by atoms with E-state index >= 15 is 0 Å². The van der Waals surface area contributed by atoms with Gasteiger partial charge in [0.25, 0.3) is 5.56 Å². The maximum absolute atomic E-state index is 12.2. The summed E-state index contributed by atoms with van der Waals surface area (Å²) in [6, 6.07) is 27.6. The molecule has 3 aromatic carbocycles. The zero-order valence-electron chi connectivity index (χ0n) is 13.1. The van der Waals surface area contributed by atoms with Crippen LogP contribution >= 0.6 is 0 Å². The molecule has 0 aliphatic carbocycles. The minimum absolute atomic E-state index is 0.0946. The van der Waals surface area contributed by atoms with Crippen molar-refractivity contribution in [3.8, 4) is 11.3 Å². The van der Waals surface area contributed by atoms with Crippen molar-refractivity contribution in [1.82, 2.24) is 9.78 Å². The molecular weight excluding hydrogens is 296 g/mol. The second-order valence-electron chi connectivity index (χ2n) is 5.73. The van der Waals surface area contributed by atoms with Gasteiger partial charge in [0, 0.05) is 11.6 Å². The predicted octanol–water partition coefficient (Wildman–Crippen LogP) is 4.11. The molecule has 0 N–H and O–H groups in total. The summed E-state index contributed by atoms with van der Waals surface area (Å²) in [7, 11) is 0. The first-order valence-electron chi connectivity index (χ1n) is 7.91. The van der Waals surface area contributed by atoms with Crippen molar-refractivity contribution in [2.45, 2.75) is 6.54 Å². The van der Waals surface area contributed by atoms with Crippen LogP contribution in [0, 0.1) is 0 Å². The number of nitrogens with zero attached hydrogens (tertiary/aromatic N) is 2. The van der Waals surface area contributed by atoms with E-state index in [1.807, 2.05) is 54.6 Å². The Morgan fingerprint density at radius 2 is 1.50 bits per heavy atom. The summed E-state index contributed by atoms with van der Waals surface area (Å²) < 4.78 is 1.52. The molecule has 0 aliphatic heterocycles. The minimum Gasteiger partial charge on any atom is -0.268 e. The highest BCUT2D eigenvalue weighted by atomic mass is 16.1. The van der Waals surface area contributed by atoms with Crippen LogP contribution in [-0.4, -0.2) is 9.78 Å². The first-order chi connectivity index (χ1) is 11.8. The Kier molecular flexibility index (Phi) is 3.67. The van der Waals surface area contributed by atoms with Crippen molar-refractivity contribution in [2.24, 2.45) is 0 Å². The molecular formula is C21H16N2O. The van der Waals surface area contributed by atoms with E-state index in [9.17, 15) is 4.79 Å². The molecule has 24 heavy (non-hydrogen) atoms. The van der Waals surface area contributed by atoms with Gasteiger partial charge in [-0.05, 0) is 22.4 Å². The quantitative estimate of drug-likeness (QED) is 0.570. The van der Waals surface area contributed by atoms with Crippen LogP contribution in [0.3, 0.4) is 0 Å². The van der Waals surface area contributed by atoms with Crippen LogP contribution in [0.2, 0.25) is 0 Å². The third-order valence-corrected chi connectivity index (χ3v) is 4.11.